The summed E-state index contributed by atoms with van der Waals surface area (Å²) in [5, 5.41) is 3.01. The van der Waals surface area contributed by atoms with E-state index in [4.69, 9.17) is 4.74 Å². The number of hydrogen-bond acceptors (Lipinski definition) is 2. The first-order valence-electron chi connectivity index (χ1n) is 6.55. The minimum atomic E-state index is -0.313. The van der Waals surface area contributed by atoms with Crippen LogP contribution >= 0.6 is 0 Å². The summed E-state index contributed by atoms with van der Waals surface area (Å²) in [5.74, 6) is 0.0878. The van der Waals surface area contributed by atoms with E-state index in [-0.39, 0.29) is 23.0 Å². The molecule has 0 spiro atoms. The molecule has 0 saturated carbocycles. The Morgan fingerprint density at radius 2 is 1.76 bits per heavy atom. The lowest BCUT2D eigenvalue weighted by Crippen LogP contribution is -2.50. The fourth-order valence-corrected chi connectivity index (χ4v) is 1.56. The van der Waals surface area contributed by atoms with Gasteiger partial charge in [0, 0.05) is 5.92 Å². The molecule has 0 aromatic carbocycles. The fraction of sp³-hybridized carbons (Fsp3) is 0.929. The zero-order valence-corrected chi connectivity index (χ0v) is 12.5. The summed E-state index contributed by atoms with van der Waals surface area (Å²) >= 11 is 0. The third-order valence-electron chi connectivity index (χ3n) is 2.66. The molecule has 0 radical (unpaired) electrons. The van der Waals surface area contributed by atoms with Gasteiger partial charge in [0.1, 0.15) is 0 Å². The lowest BCUT2D eigenvalue weighted by Gasteiger charge is -2.33. The second kappa shape index (κ2) is 6.39. The summed E-state index contributed by atoms with van der Waals surface area (Å²) in [4.78, 5) is 11.6. The van der Waals surface area contributed by atoms with Gasteiger partial charge in [-0.05, 0) is 34.1 Å². The van der Waals surface area contributed by atoms with E-state index in [0.29, 0.717) is 6.61 Å². The molecule has 102 valence electrons. The first-order chi connectivity index (χ1) is 7.59. The van der Waals surface area contributed by atoms with Crippen molar-refractivity contribution >= 4 is 5.91 Å². The Kier molecular flexibility index (Phi) is 6.17. The van der Waals surface area contributed by atoms with Gasteiger partial charge in [-0.25, -0.2) is 0 Å². The minimum Gasteiger partial charge on any atom is -0.373 e. The molecule has 1 N–H and O–H groups in total. The van der Waals surface area contributed by atoms with Crippen molar-refractivity contribution in [2.24, 2.45) is 5.92 Å². The molecule has 0 unspecified atom stereocenters. The zero-order chi connectivity index (χ0) is 13.7. The van der Waals surface area contributed by atoms with E-state index in [9.17, 15) is 4.79 Å². The maximum atomic E-state index is 11.6. The first kappa shape index (κ1) is 16.4. The van der Waals surface area contributed by atoms with Crippen molar-refractivity contribution in [1.82, 2.24) is 5.32 Å². The van der Waals surface area contributed by atoms with Gasteiger partial charge in [-0.3, -0.25) is 4.79 Å². The molecular formula is C14H29NO2. The van der Waals surface area contributed by atoms with Crippen LogP contribution in [0.3, 0.4) is 0 Å². The molecule has 1 amide bonds. The highest BCUT2D eigenvalue weighted by Crippen LogP contribution is 2.19. The van der Waals surface area contributed by atoms with Gasteiger partial charge in [0.15, 0.2) is 0 Å². The summed E-state index contributed by atoms with van der Waals surface area (Å²) < 4.78 is 5.90. The number of carbonyl (C=O) groups excluding carboxylic acids is 1. The van der Waals surface area contributed by atoms with Gasteiger partial charge in [0.05, 0.1) is 17.7 Å². The van der Waals surface area contributed by atoms with Crippen LogP contribution in [0.15, 0.2) is 0 Å². The topological polar surface area (TPSA) is 38.3 Å². The molecule has 0 aromatic heterocycles. The minimum absolute atomic E-state index is 0.0120. The zero-order valence-electron chi connectivity index (χ0n) is 12.5. The van der Waals surface area contributed by atoms with Crippen LogP contribution < -0.4 is 5.32 Å². The number of ether oxygens (including phenoxy) is 1. The van der Waals surface area contributed by atoms with E-state index in [0.717, 1.165) is 12.8 Å². The molecule has 0 bridgehead atoms. The number of carbonyl (C=O) groups is 1. The number of rotatable bonds is 7. The summed E-state index contributed by atoms with van der Waals surface area (Å²) in [6.07, 6.45) is 2.13. The van der Waals surface area contributed by atoms with Crippen LogP contribution in [0, 0.1) is 5.92 Å². The van der Waals surface area contributed by atoms with E-state index in [1.807, 2.05) is 27.7 Å². The average molecular weight is 243 g/mol. The molecule has 0 heterocycles. The van der Waals surface area contributed by atoms with Crippen molar-refractivity contribution in [3.63, 3.8) is 0 Å². The molecule has 0 fully saturated rings. The van der Waals surface area contributed by atoms with Gasteiger partial charge in [0.25, 0.3) is 0 Å². The predicted molar refractivity (Wildman–Crippen MR) is 72.0 cm³/mol. The van der Waals surface area contributed by atoms with Gasteiger partial charge in [-0.2, -0.15) is 0 Å². The Morgan fingerprint density at radius 1 is 1.24 bits per heavy atom. The highest BCUT2D eigenvalue weighted by atomic mass is 16.5. The van der Waals surface area contributed by atoms with E-state index < -0.39 is 0 Å². The molecule has 0 aromatic rings. The third-order valence-corrected chi connectivity index (χ3v) is 2.66. The van der Waals surface area contributed by atoms with Crippen LogP contribution in [0.25, 0.3) is 0 Å². The Bertz CT molecular complexity index is 245. The van der Waals surface area contributed by atoms with E-state index in [1.165, 1.54) is 0 Å². The largest absolute Gasteiger partial charge is 0.373 e. The van der Waals surface area contributed by atoms with E-state index >= 15 is 0 Å². The molecule has 3 nitrogen and oxygen atoms in total. The first-order valence-corrected chi connectivity index (χ1v) is 6.55. The Hall–Kier alpha value is -0.570. The van der Waals surface area contributed by atoms with Crippen LogP contribution in [-0.2, 0) is 9.53 Å². The predicted octanol–water partition coefficient (Wildman–Crippen LogP) is 3.13. The number of hydrogen-bond donors (Lipinski definition) is 1. The Morgan fingerprint density at radius 3 is 2.18 bits per heavy atom. The van der Waals surface area contributed by atoms with E-state index in [2.05, 4.69) is 26.1 Å². The van der Waals surface area contributed by atoms with Gasteiger partial charge in [-0.15, -0.1) is 0 Å². The average Bonchev–Trinajstić information content (AvgIpc) is 2.14. The van der Waals surface area contributed by atoms with Crippen LogP contribution in [0.4, 0.5) is 0 Å². The van der Waals surface area contributed by atoms with Crippen LogP contribution in [0.1, 0.15) is 61.3 Å². The van der Waals surface area contributed by atoms with Crippen LogP contribution in [0.2, 0.25) is 0 Å². The van der Waals surface area contributed by atoms with Crippen molar-refractivity contribution < 1.29 is 9.53 Å². The lowest BCUT2D eigenvalue weighted by molar-refractivity contribution is -0.127. The van der Waals surface area contributed by atoms with Crippen molar-refractivity contribution in [3.05, 3.63) is 0 Å². The highest BCUT2D eigenvalue weighted by Gasteiger charge is 2.26. The third kappa shape index (κ3) is 7.37. The number of nitrogens with one attached hydrogen (secondary N) is 1. The molecule has 0 atom stereocenters. The van der Waals surface area contributed by atoms with Crippen molar-refractivity contribution in [1.29, 1.82) is 0 Å². The SMILES string of the molecule is CCCC(C)(C)OCC(C)(C)NC(=O)C(C)C. The van der Waals surface area contributed by atoms with Gasteiger partial charge < -0.3 is 10.1 Å². The molecular weight excluding hydrogens is 214 g/mol. The van der Waals surface area contributed by atoms with Gasteiger partial charge in [0.2, 0.25) is 5.91 Å². The molecule has 0 saturated heterocycles. The van der Waals surface area contributed by atoms with E-state index in [1.54, 1.807) is 0 Å². The maximum absolute atomic E-state index is 11.6. The lowest BCUT2D eigenvalue weighted by atomic mass is 10.0. The smallest absolute Gasteiger partial charge is 0.223 e. The molecule has 0 aliphatic rings. The van der Waals surface area contributed by atoms with Gasteiger partial charge >= 0.3 is 0 Å². The highest BCUT2D eigenvalue weighted by molar-refractivity contribution is 5.78. The van der Waals surface area contributed by atoms with Crippen LogP contribution in [-0.4, -0.2) is 23.7 Å². The van der Waals surface area contributed by atoms with Crippen molar-refractivity contribution in [2.45, 2.75) is 72.4 Å². The summed E-state index contributed by atoms with van der Waals surface area (Å²) in [7, 11) is 0. The number of amides is 1. The monoisotopic (exact) mass is 243 g/mol. The molecule has 3 heteroatoms. The second-order valence-electron chi connectivity index (χ2n) is 6.33. The van der Waals surface area contributed by atoms with Crippen molar-refractivity contribution in [3.8, 4) is 0 Å². The Balaban J connectivity index is 4.22. The second-order valence-corrected chi connectivity index (χ2v) is 6.33. The standard InChI is InChI=1S/C14H29NO2/c1-8-9-14(6,7)17-10-13(4,5)15-12(16)11(2)3/h11H,8-10H2,1-7H3,(H,15,16). The molecule has 0 aliphatic carbocycles. The summed E-state index contributed by atoms with van der Waals surface area (Å²) in [6.45, 7) is 14.7. The molecule has 0 aliphatic heterocycles. The van der Waals surface area contributed by atoms with Crippen LogP contribution in [0.5, 0.6) is 0 Å². The Labute approximate surface area is 106 Å². The summed E-state index contributed by atoms with van der Waals surface area (Å²) in [6, 6.07) is 0. The quantitative estimate of drug-likeness (QED) is 0.746. The molecule has 17 heavy (non-hydrogen) atoms. The van der Waals surface area contributed by atoms with Gasteiger partial charge in [-0.1, -0.05) is 27.2 Å². The fourth-order valence-electron chi connectivity index (χ4n) is 1.56. The summed E-state index contributed by atoms with van der Waals surface area (Å²) in [5.41, 5.74) is -0.430. The maximum Gasteiger partial charge on any atom is 0.223 e. The normalized spacial score (nSPS) is 12.9. The van der Waals surface area contributed by atoms with Crippen molar-refractivity contribution in [2.75, 3.05) is 6.61 Å². The molecule has 0 rings (SSSR count).